The van der Waals surface area contributed by atoms with Crippen LogP contribution < -0.4 is 11.5 Å². The summed E-state index contributed by atoms with van der Waals surface area (Å²) in [6.45, 7) is 0.231. The van der Waals surface area contributed by atoms with Crippen molar-refractivity contribution in [1.29, 1.82) is 0 Å². The summed E-state index contributed by atoms with van der Waals surface area (Å²) in [5.74, 6) is -0.461. The molecule has 35 valence electrons. The Morgan fingerprint density at radius 2 is 2.33 bits per heavy atom. The van der Waals surface area contributed by atoms with Gasteiger partial charge in [0.2, 0.25) is 5.91 Å². The molecule has 0 spiro atoms. The quantitative estimate of drug-likeness (QED) is 0.436. The van der Waals surface area contributed by atoms with Crippen LogP contribution in [0.5, 0.6) is 0 Å². The van der Waals surface area contributed by atoms with Crippen molar-refractivity contribution >= 4 is 5.91 Å². The molecule has 1 amide bonds. The van der Waals surface area contributed by atoms with E-state index in [1.807, 2.05) is 0 Å². The normalized spacial score (nSPS) is 8.17. The molecule has 0 aliphatic rings. The molecule has 0 unspecified atom stereocenters. The maximum Gasteiger partial charge on any atom is 0.222 e. The molecule has 0 atom stereocenters. The van der Waals surface area contributed by atoms with Gasteiger partial charge < -0.3 is 11.5 Å². The molecule has 0 rings (SSSR count). The van der Waals surface area contributed by atoms with Gasteiger partial charge in [-0.25, -0.2) is 0 Å². The molecule has 0 aliphatic carbocycles. The third-order valence-electron chi connectivity index (χ3n) is 0.319. The maximum absolute atomic E-state index is 9.69. The predicted molar refractivity (Wildman–Crippen MR) is 22.5 cm³/mol. The van der Waals surface area contributed by atoms with Gasteiger partial charge >= 0.3 is 0 Å². The van der Waals surface area contributed by atoms with E-state index in [1.165, 1.54) is 6.42 Å². The fourth-order valence-electron chi connectivity index (χ4n) is 0.116. The van der Waals surface area contributed by atoms with Gasteiger partial charge in [0, 0.05) is 6.54 Å². The van der Waals surface area contributed by atoms with Crippen LogP contribution in [-0.4, -0.2) is 12.5 Å². The molecule has 3 heteroatoms. The topological polar surface area (TPSA) is 69.1 Å². The number of nitrogens with two attached hydrogens (primary N) is 2. The zero-order chi connectivity index (χ0) is 4.99. The van der Waals surface area contributed by atoms with E-state index < -0.39 is 5.91 Å². The molecule has 0 saturated carbocycles. The summed E-state index contributed by atoms with van der Waals surface area (Å²) < 4.78 is 0. The molecule has 3 nitrogen and oxygen atoms in total. The second-order valence-electron chi connectivity index (χ2n) is 0.842. The molecule has 0 aliphatic heterocycles. The van der Waals surface area contributed by atoms with Gasteiger partial charge in [0.25, 0.3) is 0 Å². The van der Waals surface area contributed by atoms with Crippen LogP contribution in [0.25, 0.3) is 0 Å². The van der Waals surface area contributed by atoms with Crippen molar-refractivity contribution in [2.24, 2.45) is 11.5 Å². The van der Waals surface area contributed by atoms with Gasteiger partial charge in [-0.15, -0.1) is 0 Å². The van der Waals surface area contributed by atoms with Crippen LogP contribution in [-0.2, 0) is 4.79 Å². The maximum atomic E-state index is 9.69. The van der Waals surface area contributed by atoms with Crippen molar-refractivity contribution in [3.63, 3.8) is 0 Å². The predicted octanol–water partition coefficient (Wildman–Crippen LogP) is -1.37. The lowest BCUT2D eigenvalue weighted by Crippen LogP contribution is -2.16. The Hall–Kier alpha value is -0.570. The van der Waals surface area contributed by atoms with Crippen molar-refractivity contribution < 1.29 is 4.79 Å². The Bertz CT molecular complexity index is 52.8. The Labute approximate surface area is 36.3 Å². The second-order valence-corrected chi connectivity index (χ2v) is 0.842. The largest absolute Gasteiger partial charge is 0.369 e. The van der Waals surface area contributed by atoms with Crippen LogP contribution in [0, 0.1) is 6.42 Å². The number of hydrogen-bond donors (Lipinski definition) is 2. The molecule has 1 radical (unpaired) electrons. The summed E-state index contributed by atoms with van der Waals surface area (Å²) in [6.07, 6.45) is 1.21. The minimum atomic E-state index is -0.461. The summed E-state index contributed by atoms with van der Waals surface area (Å²) in [5, 5.41) is 0. The monoisotopic (exact) mass is 87.1 g/mol. The van der Waals surface area contributed by atoms with Crippen molar-refractivity contribution in [2.75, 3.05) is 6.54 Å². The Kier molecular flexibility index (Phi) is 2.40. The lowest BCUT2D eigenvalue weighted by atomic mass is 10.4. The average molecular weight is 87.1 g/mol. The number of amides is 1. The smallest absolute Gasteiger partial charge is 0.222 e. The fourth-order valence-corrected chi connectivity index (χ4v) is 0.116. The molecule has 0 heterocycles. The molecule has 4 N–H and O–H groups in total. The molecule has 6 heavy (non-hydrogen) atoms. The highest BCUT2D eigenvalue weighted by Gasteiger charge is 1.85. The standard InChI is InChI=1S/C3H7N2O/c4-2-1-3(5)6/h1H,2,4H2,(H2,5,6). The molecule has 0 bridgehead atoms. The summed E-state index contributed by atoms with van der Waals surface area (Å²) in [5.41, 5.74) is 9.50. The molecule has 0 aromatic heterocycles. The first-order valence-electron chi connectivity index (χ1n) is 1.60. The molecule has 0 saturated heterocycles. The average Bonchev–Trinajstić information content (AvgIpc) is 1.35. The van der Waals surface area contributed by atoms with E-state index in [9.17, 15) is 4.79 Å². The van der Waals surface area contributed by atoms with E-state index in [4.69, 9.17) is 5.73 Å². The van der Waals surface area contributed by atoms with E-state index in [1.54, 1.807) is 0 Å². The summed E-state index contributed by atoms with van der Waals surface area (Å²) in [4.78, 5) is 9.69. The Morgan fingerprint density at radius 3 is 2.33 bits per heavy atom. The Morgan fingerprint density at radius 1 is 1.83 bits per heavy atom. The van der Waals surface area contributed by atoms with E-state index in [0.29, 0.717) is 0 Å². The zero-order valence-corrected chi connectivity index (χ0v) is 3.35. The van der Waals surface area contributed by atoms with E-state index in [2.05, 4.69) is 5.73 Å². The molecule has 0 aromatic carbocycles. The first kappa shape index (κ1) is 5.43. The highest BCUT2D eigenvalue weighted by molar-refractivity contribution is 5.82. The van der Waals surface area contributed by atoms with Gasteiger partial charge in [0.1, 0.15) is 0 Å². The van der Waals surface area contributed by atoms with Crippen LogP contribution in [0.1, 0.15) is 0 Å². The number of primary amides is 1. The van der Waals surface area contributed by atoms with E-state index >= 15 is 0 Å². The molecular weight excluding hydrogens is 80.0 g/mol. The van der Waals surface area contributed by atoms with Crippen molar-refractivity contribution in [2.45, 2.75) is 0 Å². The number of carbonyl (C=O) groups is 1. The van der Waals surface area contributed by atoms with Crippen LogP contribution >= 0.6 is 0 Å². The SMILES string of the molecule is NC[CH]C(N)=O. The van der Waals surface area contributed by atoms with Gasteiger partial charge in [-0.2, -0.15) is 0 Å². The molecule has 0 fully saturated rings. The lowest BCUT2D eigenvalue weighted by Gasteiger charge is -1.81. The molecular formula is C3H7N2O. The molecule has 0 aromatic rings. The number of rotatable bonds is 2. The zero-order valence-electron chi connectivity index (χ0n) is 3.35. The van der Waals surface area contributed by atoms with Crippen molar-refractivity contribution in [3.05, 3.63) is 6.42 Å². The van der Waals surface area contributed by atoms with Gasteiger partial charge in [-0.3, -0.25) is 4.79 Å². The third kappa shape index (κ3) is 3.43. The van der Waals surface area contributed by atoms with Crippen LogP contribution in [0.3, 0.4) is 0 Å². The first-order chi connectivity index (χ1) is 2.77. The fraction of sp³-hybridized carbons (Fsp3) is 0.333. The van der Waals surface area contributed by atoms with Gasteiger partial charge in [-0.05, 0) is 0 Å². The minimum absolute atomic E-state index is 0.231. The van der Waals surface area contributed by atoms with Crippen LogP contribution in [0.2, 0.25) is 0 Å². The second kappa shape index (κ2) is 2.66. The van der Waals surface area contributed by atoms with E-state index in [-0.39, 0.29) is 6.54 Å². The number of hydrogen-bond acceptors (Lipinski definition) is 2. The number of carbonyl (C=O) groups excluding carboxylic acids is 1. The van der Waals surface area contributed by atoms with Gasteiger partial charge in [-0.1, -0.05) is 0 Å². The minimum Gasteiger partial charge on any atom is -0.369 e. The van der Waals surface area contributed by atoms with Gasteiger partial charge in [0.05, 0.1) is 6.42 Å². The highest BCUT2D eigenvalue weighted by Crippen LogP contribution is 1.61. The summed E-state index contributed by atoms with van der Waals surface area (Å²) in [6, 6.07) is 0. The van der Waals surface area contributed by atoms with Crippen LogP contribution in [0.4, 0.5) is 0 Å². The van der Waals surface area contributed by atoms with Crippen LogP contribution in [0.15, 0.2) is 0 Å². The summed E-state index contributed by atoms with van der Waals surface area (Å²) >= 11 is 0. The first-order valence-corrected chi connectivity index (χ1v) is 1.60. The highest BCUT2D eigenvalue weighted by atomic mass is 16.1. The van der Waals surface area contributed by atoms with Crippen molar-refractivity contribution in [3.8, 4) is 0 Å². The van der Waals surface area contributed by atoms with E-state index in [0.717, 1.165) is 0 Å². The lowest BCUT2D eigenvalue weighted by molar-refractivity contribution is -0.114. The third-order valence-corrected chi connectivity index (χ3v) is 0.319. The Balaban J connectivity index is 2.83. The van der Waals surface area contributed by atoms with Gasteiger partial charge in [0.15, 0.2) is 0 Å². The summed E-state index contributed by atoms with van der Waals surface area (Å²) in [7, 11) is 0. The van der Waals surface area contributed by atoms with Crippen molar-refractivity contribution in [1.82, 2.24) is 0 Å².